The molecule has 0 aromatic rings. The average molecular weight is 322 g/mol. The van der Waals surface area contributed by atoms with Gasteiger partial charge in [0.2, 0.25) is 0 Å². The van der Waals surface area contributed by atoms with Crippen LogP contribution in [0.15, 0.2) is 0 Å². The number of hydrogen-bond acceptors (Lipinski definition) is 4. The van der Waals surface area contributed by atoms with E-state index in [4.69, 9.17) is 13.3 Å². The molecular weight excluding hydrogens is 286 g/mol. The van der Waals surface area contributed by atoms with E-state index in [-0.39, 0.29) is 0 Å². The molecule has 0 amide bonds. The highest BCUT2D eigenvalue weighted by atomic mass is 28.4. The molecule has 0 aliphatic carbocycles. The molecule has 122 valence electrons. The van der Waals surface area contributed by atoms with Crippen LogP contribution in [0.25, 0.3) is 0 Å². The normalized spacial score (nSPS) is 14.1. The number of nitrogens with zero attached hydrogens (tertiary/aromatic N) is 1. The fourth-order valence-electron chi connectivity index (χ4n) is 1.98. The zero-order valence-corrected chi connectivity index (χ0v) is 17.0. The minimum Gasteiger partial charge on any atom is -0.373 e. The predicted octanol–water partition coefficient (Wildman–Crippen LogP) is 3.51. The van der Waals surface area contributed by atoms with Crippen LogP contribution in [-0.2, 0) is 13.3 Å². The van der Waals surface area contributed by atoms with Gasteiger partial charge in [-0.1, -0.05) is 33.9 Å². The fourth-order valence-corrected chi connectivity index (χ4v) is 7.71. The van der Waals surface area contributed by atoms with Gasteiger partial charge in [0.25, 0.3) is 0 Å². The first-order valence-electron chi connectivity index (χ1n) is 7.69. The van der Waals surface area contributed by atoms with Gasteiger partial charge in [0.1, 0.15) is 8.24 Å². The first kappa shape index (κ1) is 20.3. The van der Waals surface area contributed by atoms with Gasteiger partial charge < -0.3 is 17.8 Å². The highest BCUT2D eigenvalue weighted by molar-refractivity contribution is 6.78. The Morgan fingerprint density at radius 1 is 0.850 bits per heavy atom. The minimum atomic E-state index is -2.59. The molecule has 0 saturated heterocycles. The summed E-state index contributed by atoms with van der Waals surface area (Å²) >= 11 is 0. The van der Waals surface area contributed by atoms with Crippen LogP contribution in [-0.4, -0.2) is 54.6 Å². The maximum atomic E-state index is 5.96. The third-order valence-corrected chi connectivity index (χ3v) is 13.4. The lowest BCUT2D eigenvalue weighted by Gasteiger charge is -2.46. The van der Waals surface area contributed by atoms with Crippen molar-refractivity contribution in [3.8, 4) is 0 Å². The monoisotopic (exact) mass is 321 g/mol. The van der Waals surface area contributed by atoms with E-state index in [9.17, 15) is 0 Å². The Morgan fingerprint density at radius 2 is 1.20 bits per heavy atom. The summed E-state index contributed by atoms with van der Waals surface area (Å²) in [5.74, 6) is 0. The first-order valence-corrected chi connectivity index (χ1v) is 12.6. The van der Waals surface area contributed by atoms with Gasteiger partial charge in [-0.25, -0.2) is 0 Å². The number of hydrogen-bond donors (Lipinski definition) is 0. The maximum Gasteiger partial charge on any atom is 0.515 e. The summed E-state index contributed by atoms with van der Waals surface area (Å²) in [7, 11) is -1.97. The van der Waals surface area contributed by atoms with Crippen molar-refractivity contribution in [1.82, 2.24) is 4.57 Å². The Hall–Kier alpha value is 0.274. The van der Waals surface area contributed by atoms with E-state index in [1.165, 1.54) is 0 Å². The van der Waals surface area contributed by atoms with Crippen molar-refractivity contribution >= 4 is 17.0 Å². The summed E-state index contributed by atoms with van der Waals surface area (Å²) in [5.41, 5.74) is 0. The summed E-state index contributed by atoms with van der Waals surface area (Å²) in [5, 5.41) is 0.298. The molecule has 6 heteroatoms. The van der Waals surface area contributed by atoms with Crippen molar-refractivity contribution in [2.24, 2.45) is 0 Å². The second kappa shape index (κ2) is 8.05. The summed E-state index contributed by atoms with van der Waals surface area (Å²) in [6.07, 6.45) is 0.777. The molecule has 0 radical (unpaired) electrons. The molecule has 0 heterocycles. The third-order valence-electron chi connectivity index (χ3n) is 4.31. The first-order chi connectivity index (χ1) is 9.06. The lowest BCUT2D eigenvalue weighted by Crippen LogP contribution is -2.62. The summed E-state index contributed by atoms with van der Waals surface area (Å²) in [6.45, 7) is 19.7. The van der Waals surface area contributed by atoms with Crippen LogP contribution in [0.2, 0.25) is 18.1 Å². The predicted molar refractivity (Wildman–Crippen MR) is 90.5 cm³/mol. The molecular formula is C14H35NO3Si2. The molecule has 0 aromatic carbocycles. The second-order valence-corrected chi connectivity index (χ2v) is 14.6. The van der Waals surface area contributed by atoms with E-state index in [0.717, 1.165) is 6.17 Å². The SMILES string of the molecule is CCO[Si](CN(C)[Si](C)(C)C(C)(C)C)(OCC)OCC. The van der Waals surface area contributed by atoms with Crippen LogP contribution in [0.5, 0.6) is 0 Å². The Labute approximate surface area is 128 Å². The maximum absolute atomic E-state index is 5.96. The molecule has 0 spiro atoms. The van der Waals surface area contributed by atoms with Crippen LogP contribution in [0, 0.1) is 0 Å². The summed E-state index contributed by atoms with van der Waals surface area (Å²) in [4.78, 5) is 0. The zero-order chi connectivity index (χ0) is 16.0. The largest absolute Gasteiger partial charge is 0.515 e. The van der Waals surface area contributed by atoms with Crippen molar-refractivity contribution < 1.29 is 13.3 Å². The Bertz CT molecular complexity index is 263. The van der Waals surface area contributed by atoms with Crippen molar-refractivity contribution in [3.63, 3.8) is 0 Å². The molecule has 0 rings (SSSR count). The van der Waals surface area contributed by atoms with Crippen LogP contribution in [0.1, 0.15) is 41.5 Å². The molecule has 0 atom stereocenters. The fraction of sp³-hybridized carbons (Fsp3) is 1.00. The van der Waals surface area contributed by atoms with E-state index < -0.39 is 17.0 Å². The van der Waals surface area contributed by atoms with E-state index in [0.29, 0.717) is 24.9 Å². The van der Waals surface area contributed by atoms with Crippen LogP contribution < -0.4 is 0 Å². The Morgan fingerprint density at radius 3 is 1.45 bits per heavy atom. The Balaban J connectivity index is 5.14. The summed E-state index contributed by atoms with van der Waals surface area (Å²) < 4.78 is 20.4. The standard InChI is InChI=1S/C14H35NO3Si2/c1-10-16-20(17-11-2,18-12-3)13-15(7)19(8,9)14(4,5)6/h10-13H2,1-9H3. The second-order valence-electron chi connectivity index (χ2n) is 6.65. The lowest BCUT2D eigenvalue weighted by atomic mass is 10.2. The minimum absolute atomic E-state index is 0.298. The molecule has 0 unspecified atom stereocenters. The number of rotatable bonds is 9. The van der Waals surface area contributed by atoms with Crippen molar-refractivity contribution in [3.05, 3.63) is 0 Å². The topological polar surface area (TPSA) is 30.9 Å². The Kier molecular flexibility index (Phi) is 8.16. The smallest absolute Gasteiger partial charge is 0.373 e. The molecule has 4 nitrogen and oxygen atoms in total. The van der Waals surface area contributed by atoms with Gasteiger partial charge in [0.15, 0.2) is 0 Å². The van der Waals surface area contributed by atoms with Gasteiger partial charge in [0, 0.05) is 19.8 Å². The van der Waals surface area contributed by atoms with E-state index >= 15 is 0 Å². The summed E-state index contributed by atoms with van der Waals surface area (Å²) in [6, 6.07) is 0. The van der Waals surface area contributed by atoms with Crippen LogP contribution in [0.3, 0.4) is 0 Å². The highest BCUT2D eigenvalue weighted by Gasteiger charge is 2.47. The molecule has 0 bridgehead atoms. The third kappa shape index (κ3) is 5.23. The molecule has 0 aliphatic heterocycles. The zero-order valence-electron chi connectivity index (χ0n) is 15.0. The van der Waals surface area contributed by atoms with Gasteiger partial charge in [-0.2, -0.15) is 0 Å². The van der Waals surface area contributed by atoms with E-state index in [1.54, 1.807) is 0 Å². The average Bonchev–Trinajstić information content (AvgIpc) is 2.28. The van der Waals surface area contributed by atoms with E-state index in [2.05, 4.69) is 45.5 Å². The van der Waals surface area contributed by atoms with Gasteiger partial charge in [-0.3, -0.25) is 0 Å². The molecule has 0 aromatic heterocycles. The van der Waals surface area contributed by atoms with Crippen LogP contribution >= 0.6 is 0 Å². The van der Waals surface area contributed by atoms with Gasteiger partial charge >= 0.3 is 8.80 Å². The van der Waals surface area contributed by atoms with Crippen LogP contribution in [0.4, 0.5) is 0 Å². The highest BCUT2D eigenvalue weighted by Crippen LogP contribution is 2.38. The lowest BCUT2D eigenvalue weighted by molar-refractivity contribution is 0.0648. The van der Waals surface area contributed by atoms with Crippen molar-refractivity contribution in [1.29, 1.82) is 0 Å². The van der Waals surface area contributed by atoms with E-state index in [1.807, 2.05) is 20.8 Å². The molecule has 0 aliphatic rings. The molecule has 0 N–H and O–H groups in total. The van der Waals surface area contributed by atoms with Gasteiger partial charge in [-0.15, -0.1) is 0 Å². The molecule has 0 saturated carbocycles. The molecule has 20 heavy (non-hydrogen) atoms. The van der Waals surface area contributed by atoms with Gasteiger partial charge in [-0.05, 0) is 32.9 Å². The van der Waals surface area contributed by atoms with Gasteiger partial charge in [0.05, 0.1) is 6.17 Å². The molecule has 0 fully saturated rings. The van der Waals surface area contributed by atoms with Crippen molar-refractivity contribution in [2.45, 2.75) is 59.7 Å². The quantitative estimate of drug-likeness (QED) is 0.608. The van der Waals surface area contributed by atoms with Crippen molar-refractivity contribution in [2.75, 3.05) is 33.0 Å².